The minimum Gasteiger partial charge on any atom is -0.281 e. The number of nitro groups is 2. The third-order valence-electron chi connectivity index (χ3n) is 1.64. The van der Waals surface area contributed by atoms with Crippen LogP contribution in [-0.2, 0) is 0 Å². The lowest BCUT2D eigenvalue weighted by Crippen LogP contribution is -2.48. The van der Waals surface area contributed by atoms with E-state index < -0.39 is 42.9 Å². The van der Waals surface area contributed by atoms with E-state index in [9.17, 15) is 39.4 Å². The van der Waals surface area contributed by atoms with Crippen LogP contribution in [0.3, 0.4) is 0 Å². The number of nitrogens with zero attached hydrogens (tertiary/aromatic N) is 2. The highest BCUT2D eigenvalue weighted by Crippen LogP contribution is 2.14. The van der Waals surface area contributed by atoms with E-state index in [1.54, 1.807) is 0 Å². The molecule has 0 amide bonds. The topological polar surface area (TPSA) is 155 Å². The van der Waals surface area contributed by atoms with Crippen LogP contribution in [0.5, 0.6) is 0 Å². The second-order valence-corrected chi connectivity index (χ2v) is 2.53. The van der Waals surface area contributed by atoms with Crippen molar-refractivity contribution in [3.05, 3.63) is 61.1 Å². The van der Waals surface area contributed by atoms with Gasteiger partial charge in [0.1, 0.15) is 0 Å². The van der Waals surface area contributed by atoms with Crippen molar-refractivity contribution < 1.29 is 9.85 Å². The fourth-order valence-corrected chi connectivity index (χ4v) is 0.975. The molecule has 10 heteroatoms. The molecule has 10 nitrogen and oxygen atoms in total. The summed E-state index contributed by atoms with van der Waals surface area (Å²) in [6.07, 6.45) is 0. The van der Waals surface area contributed by atoms with Gasteiger partial charge in [0, 0.05) is 0 Å². The fraction of sp³-hybridized carbons (Fsp3) is 0. The number of hydrogen-bond acceptors (Lipinski definition) is 8. The molecule has 0 aliphatic heterocycles. The Morgan fingerprint density at radius 2 is 0.875 bits per heavy atom. The summed E-state index contributed by atoms with van der Waals surface area (Å²) in [7, 11) is 0. The van der Waals surface area contributed by atoms with Crippen molar-refractivity contribution in [3.63, 3.8) is 0 Å². The average molecular weight is 228 g/mol. The molecule has 0 saturated carbocycles. The van der Waals surface area contributed by atoms with E-state index in [0.29, 0.717) is 0 Å². The molecule has 0 unspecified atom stereocenters. The second-order valence-electron chi connectivity index (χ2n) is 2.53. The Morgan fingerprint density at radius 3 is 1.06 bits per heavy atom. The molecular weight excluding hydrogens is 228 g/mol. The molecule has 0 spiro atoms. The molecule has 82 valence electrons. The first-order valence-electron chi connectivity index (χ1n) is 3.49. The summed E-state index contributed by atoms with van der Waals surface area (Å²) in [5.74, 6) is 0. The van der Waals surface area contributed by atoms with Gasteiger partial charge < -0.3 is 0 Å². The smallest absolute Gasteiger partial charge is 0.281 e. The third-order valence-corrected chi connectivity index (χ3v) is 1.64. The number of benzene rings is 1. The van der Waals surface area contributed by atoms with E-state index in [-0.39, 0.29) is 0 Å². The van der Waals surface area contributed by atoms with Gasteiger partial charge >= 0.3 is 22.2 Å². The van der Waals surface area contributed by atoms with Crippen molar-refractivity contribution in [2.75, 3.05) is 0 Å². The van der Waals surface area contributed by atoms with Gasteiger partial charge in [-0.1, -0.05) is 0 Å². The molecule has 1 rings (SSSR count). The summed E-state index contributed by atoms with van der Waals surface area (Å²) in [4.78, 5) is 60.8. The van der Waals surface area contributed by atoms with E-state index in [0.717, 1.165) is 0 Å². The van der Waals surface area contributed by atoms with Crippen LogP contribution in [0.25, 0.3) is 0 Å². The van der Waals surface area contributed by atoms with Crippen LogP contribution in [0.4, 0.5) is 11.4 Å². The van der Waals surface area contributed by atoms with Crippen LogP contribution in [0.2, 0.25) is 0 Å². The molecule has 0 aliphatic rings. The lowest BCUT2D eigenvalue weighted by molar-refractivity contribution is -0.424. The van der Waals surface area contributed by atoms with Crippen LogP contribution in [-0.4, -0.2) is 9.85 Å². The lowest BCUT2D eigenvalue weighted by Gasteiger charge is -1.89. The number of hydrogen-bond donors (Lipinski definition) is 0. The first kappa shape index (κ1) is 11.3. The van der Waals surface area contributed by atoms with E-state index in [1.807, 2.05) is 0 Å². The van der Waals surface area contributed by atoms with Gasteiger partial charge in [-0.25, -0.2) is 0 Å². The number of nitro benzene ring substituents is 2. The van der Waals surface area contributed by atoms with E-state index in [2.05, 4.69) is 0 Å². The molecule has 0 N–H and O–H groups in total. The SMILES string of the molecule is O=c1c([N+](=O)[O-])c([N+](=O)[O-])c(=O)c(=O)c1=O. The molecule has 0 aromatic heterocycles. The van der Waals surface area contributed by atoms with E-state index in [1.165, 1.54) is 0 Å². The largest absolute Gasteiger partial charge is 0.401 e. The molecule has 1 aromatic rings. The minimum atomic E-state index is -1.96. The molecule has 0 bridgehead atoms. The third kappa shape index (κ3) is 1.37. The summed E-state index contributed by atoms with van der Waals surface area (Å²) in [6, 6.07) is 0. The fourth-order valence-electron chi connectivity index (χ4n) is 0.975. The zero-order valence-electron chi connectivity index (χ0n) is 7.16. The van der Waals surface area contributed by atoms with Gasteiger partial charge in [-0.3, -0.25) is 39.4 Å². The molecule has 1 aromatic carbocycles. The predicted molar refractivity (Wildman–Crippen MR) is 47.2 cm³/mol. The maximum atomic E-state index is 10.9. The Bertz CT molecular complexity index is 634. The predicted octanol–water partition coefficient (Wildman–Crippen LogP) is -2.18. The molecule has 0 heterocycles. The summed E-state index contributed by atoms with van der Waals surface area (Å²) in [5, 5.41) is 20.6. The summed E-state index contributed by atoms with van der Waals surface area (Å²) in [6.45, 7) is 0. The van der Waals surface area contributed by atoms with Crippen molar-refractivity contribution in [1.82, 2.24) is 0 Å². The highest BCUT2D eigenvalue weighted by molar-refractivity contribution is 5.51. The Kier molecular flexibility index (Phi) is 2.41. The van der Waals surface area contributed by atoms with Crippen LogP contribution in [0.1, 0.15) is 0 Å². The molecule has 0 fully saturated rings. The van der Waals surface area contributed by atoms with Gasteiger partial charge in [-0.2, -0.15) is 0 Å². The van der Waals surface area contributed by atoms with Crippen molar-refractivity contribution in [1.29, 1.82) is 0 Å². The minimum absolute atomic E-state index is 1.54. The van der Waals surface area contributed by atoms with E-state index in [4.69, 9.17) is 0 Å². The van der Waals surface area contributed by atoms with Crippen LogP contribution in [0, 0.1) is 20.2 Å². The van der Waals surface area contributed by atoms with Crippen molar-refractivity contribution in [2.45, 2.75) is 0 Å². The van der Waals surface area contributed by atoms with Crippen molar-refractivity contribution in [3.8, 4) is 0 Å². The monoisotopic (exact) mass is 228 g/mol. The van der Waals surface area contributed by atoms with Gasteiger partial charge in [-0.05, 0) is 0 Å². The van der Waals surface area contributed by atoms with Crippen LogP contribution < -0.4 is 21.7 Å². The Labute approximate surface area is 83.4 Å². The summed E-state index contributed by atoms with van der Waals surface area (Å²) < 4.78 is 0. The molecule has 16 heavy (non-hydrogen) atoms. The first-order chi connectivity index (χ1) is 7.29. The normalized spacial score (nSPS) is 10.0. The lowest BCUT2D eigenvalue weighted by atomic mass is 10.2. The van der Waals surface area contributed by atoms with Crippen LogP contribution >= 0.6 is 0 Å². The highest BCUT2D eigenvalue weighted by atomic mass is 16.6. The Morgan fingerprint density at radius 1 is 0.625 bits per heavy atom. The second kappa shape index (κ2) is 3.42. The maximum absolute atomic E-state index is 10.9. The standard InChI is InChI=1S/C6N2O8/c9-3-1(7(13)14)2(8(15)16)4(10)6(12)5(3)11. The van der Waals surface area contributed by atoms with Gasteiger partial charge in [0.2, 0.25) is 0 Å². The van der Waals surface area contributed by atoms with Crippen molar-refractivity contribution >= 4 is 11.4 Å². The molecule has 0 radical (unpaired) electrons. The Balaban J connectivity index is 4.17. The van der Waals surface area contributed by atoms with Gasteiger partial charge in [0.25, 0.3) is 10.9 Å². The molecular formula is C6N2O8. The summed E-state index contributed by atoms with van der Waals surface area (Å²) >= 11 is 0. The highest BCUT2D eigenvalue weighted by Gasteiger charge is 2.36. The van der Waals surface area contributed by atoms with Gasteiger partial charge in [0.05, 0.1) is 9.85 Å². The maximum Gasteiger partial charge on any atom is 0.401 e. The molecule has 0 atom stereocenters. The number of rotatable bonds is 2. The van der Waals surface area contributed by atoms with Crippen molar-refractivity contribution in [2.24, 2.45) is 0 Å². The first-order valence-corrected chi connectivity index (χ1v) is 3.49. The van der Waals surface area contributed by atoms with E-state index >= 15 is 0 Å². The molecule has 0 saturated heterocycles. The van der Waals surface area contributed by atoms with Crippen LogP contribution in [0.15, 0.2) is 19.2 Å². The zero-order valence-corrected chi connectivity index (χ0v) is 7.16. The zero-order chi connectivity index (χ0) is 12.6. The quantitative estimate of drug-likeness (QED) is 0.314. The summed E-state index contributed by atoms with van der Waals surface area (Å²) in [5.41, 5.74) is -11.4. The average Bonchev–Trinajstić information content (AvgIpc) is 2.18. The van der Waals surface area contributed by atoms with Gasteiger partial charge in [0.15, 0.2) is 0 Å². The molecule has 0 aliphatic carbocycles. The Hall–Kier alpha value is -2.78. The van der Waals surface area contributed by atoms with Gasteiger partial charge in [-0.15, -0.1) is 0 Å².